The topological polar surface area (TPSA) is 112 Å². The maximum absolute atomic E-state index is 12.4. The molecule has 29 heavy (non-hydrogen) atoms. The summed E-state index contributed by atoms with van der Waals surface area (Å²) >= 11 is 0. The van der Waals surface area contributed by atoms with Gasteiger partial charge in [0.2, 0.25) is 15.9 Å². The Kier molecular flexibility index (Phi) is 6.08. The minimum atomic E-state index is -3.96. The minimum absolute atomic E-state index is 0.0178. The number of carbonyl (C=O) groups excluding carboxylic acids is 1. The van der Waals surface area contributed by atoms with Gasteiger partial charge in [-0.25, -0.2) is 8.42 Å². The lowest BCUT2D eigenvalue weighted by molar-refractivity contribution is -0.115. The second kappa shape index (κ2) is 8.70. The molecule has 0 aliphatic heterocycles. The summed E-state index contributed by atoms with van der Waals surface area (Å²) in [6.45, 7) is 1.72. The van der Waals surface area contributed by atoms with Gasteiger partial charge in [-0.1, -0.05) is 18.2 Å². The molecule has 1 aromatic heterocycles. The zero-order valence-electron chi connectivity index (χ0n) is 15.9. The van der Waals surface area contributed by atoms with Crippen molar-refractivity contribution in [3.05, 3.63) is 76.8 Å². The van der Waals surface area contributed by atoms with Crippen LogP contribution in [0.5, 0.6) is 5.75 Å². The number of carbonyl (C=O) groups is 1. The van der Waals surface area contributed by atoms with Gasteiger partial charge >= 0.3 is 0 Å². The standard InChI is InChI=1S/C20H20N4O4S/c1-14-11-12-21-20(22-14)24-29(26,27)18-9-5-16(6-10-18)23-19(25)13-15-3-7-17(28-2)8-4-15/h3-12H,13H2,1-2H3,(H2,21,22,23,24,25)/p-1. The zero-order valence-corrected chi connectivity index (χ0v) is 16.7. The van der Waals surface area contributed by atoms with Gasteiger partial charge in [0, 0.05) is 11.6 Å². The lowest BCUT2D eigenvalue weighted by Gasteiger charge is -2.14. The van der Waals surface area contributed by atoms with Crippen LogP contribution in [0.3, 0.4) is 0 Å². The number of anilines is 1. The van der Waals surface area contributed by atoms with Crippen LogP contribution in [0.15, 0.2) is 65.7 Å². The quantitative estimate of drug-likeness (QED) is 0.638. The highest BCUT2D eigenvalue weighted by molar-refractivity contribution is 7.94. The Morgan fingerprint density at radius 2 is 1.76 bits per heavy atom. The van der Waals surface area contributed by atoms with Crippen LogP contribution in [0.25, 0.3) is 4.72 Å². The van der Waals surface area contributed by atoms with E-state index in [9.17, 15) is 13.2 Å². The Hall–Kier alpha value is -3.46. The summed E-state index contributed by atoms with van der Waals surface area (Å²) in [4.78, 5) is 20.0. The highest BCUT2D eigenvalue weighted by Crippen LogP contribution is 2.25. The molecule has 0 fully saturated rings. The third kappa shape index (κ3) is 5.52. The van der Waals surface area contributed by atoms with E-state index in [2.05, 4.69) is 20.0 Å². The Balaban J connectivity index is 1.63. The molecule has 150 valence electrons. The molecule has 0 atom stereocenters. The van der Waals surface area contributed by atoms with E-state index in [1.54, 1.807) is 32.2 Å². The lowest BCUT2D eigenvalue weighted by Crippen LogP contribution is -2.14. The molecule has 9 heteroatoms. The van der Waals surface area contributed by atoms with Gasteiger partial charge in [-0.3, -0.25) is 9.52 Å². The first-order valence-electron chi connectivity index (χ1n) is 8.66. The first-order valence-corrected chi connectivity index (χ1v) is 10.1. The summed E-state index contributed by atoms with van der Waals surface area (Å²) in [6, 6.07) is 14.6. The molecule has 8 nitrogen and oxygen atoms in total. The summed E-state index contributed by atoms with van der Waals surface area (Å²) in [5.74, 6) is 0.373. The van der Waals surface area contributed by atoms with Crippen molar-refractivity contribution in [3.8, 4) is 5.75 Å². The van der Waals surface area contributed by atoms with Crippen molar-refractivity contribution in [2.75, 3.05) is 12.4 Å². The molecule has 0 unspecified atom stereocenters. The first kappa shape index (κ1) is 20.3. The van der Waals surface area contributed by atoms with Crippen molar-refractivity contribution < 1.29 is 17.9 Å². The Morgan fingerprint density at radius 1 is 1.07 bits per heavy atom. The maximum atomic E-state index is 12.4. The number of aromatic nitrogens is 2. The van der Waals surface area contributed by atoms with Crippen molar-refractivity contribution in [1.29, 1.82) is 0 Å². The van der Waals surface area contributed by atoms with Gasteiger partial charge in [0.1, 0.15) is 5.75 Å². The Bertz CT molecular complexity index is 1100. The second-order valence-electron chi connectivity index (χ2n) is 6.16. The van der Waals surface area contributed by atoms with Crippen LogP contribution in [-0.4, -0.2) is 31.4 Å². The summed E-state index contributed by atoms with van der Waals surface area (Å²) in [5.41, 5.74) is 1.93. The molecule has 0 saturated carbocycles. The summed E-state index contributed by atoms with van der Waals surface area (Å²) in [5, 5.41) is 2.73. The van der Waals surface area contributed by atoms with E-state index in [1.165, 1.54) is 30.5 Å². The number of methoxy groups -OCH3 is 1. The van der Waals surface area contributed by atoms with E-state index < -0.39 is 10.0 Å². The van der Waals surface area contributed by atoms with Crippen LogP contribution in [0.4, 0.5) is 11.6 Å². The van der Waals surface area contributed by atoms with Crippen molar-refractivity contribution in [2.24, 2.45) is 0 Å². The SMILES string of the molecule is COc1ccc(CC(=O)Nc2ccc(S(=O)(=O)[N-]c3nccc(C)n3)cc2)cc1. The fourth-order valence-corrected chi connectivity index (χ4v) is 3.37. The number of aryl methyl sites for hydroxylation is 1. The number of hydrogen-bond acceptors (Lipinski definition) is 6. The zero-order chi connectivity index (χ0) is 20.9. The number of hydrogen-bond donors (Lipinski definition) is 1. The van der Waals surface area contributed by atoms with Crippen LogP contribution in [0.1, 0.15) is 11.3 Å². The molecule has 3 aromatic rings. The Morgan fingerprint density at radius 3 is 2.38 bits per heavy atom. The second-order valence-corrected chi connectivity index (χ2v) is 7.77. The van der Waals surface area contributed by atoms with Crippen molar-refractivity contribution in [1.82, 2.24) is 9.97 Å². The van der Waals surface area contributed by atoms with Crippen molar-refractivity contribution >= 4 is 27.6 Å². The predicted octanol–water partition coefficient (Wildman–Crippen LogP) is 3.37. The average molecular weight is 411 g/mol. The highest BCUT2D eigenvalue weighted by Gasteiger charge is 2.12. The lowest BCUT2D eigenvalue weighted by atomic mass is 10.1. The molecule has 1 N–H and O–H groups in total. The van der Waals surface area contributed by atoms with Gasteiger partial charge in [-0.05, 0) is 60.8 Å². The van der Waals surface area contributed by atoms with Crippen molar-refractivity contribution in [3.63, 3.8) is 0 Å². The van der Waals surface area contributed by atoms with Gasteiger partial charge in [-0.15, -0.1) is 0 Å². The number of nitrogens with zero attached hydrogens (tertiary/aromatic N) is 3. The van der Waals surface area contributed by atoms with Crippen LogP contribution in [0.2, 0.25) is 0 Å². The fourth-order valence-electron chi connectivity index (χ4n) is 2.48. The largest absolute Gasteiger partial charge is 0.497 e. The molecule has 3 rings (SSSR count). The first-order chi connectivity index (χ1) is 13.9. The number of nitrogens with one attached hydrogen (secondary N) is 1. The predicted molar refractivity (Wildman–Crippen MR) is 109 cm³/mol. The molecule has 0 spiro atoms. The molecule has 2 aromatic carbocycles. The molecule has 0 aliphatic carbocycles. The van der Waals surface area contributed by atoms with Gasteiger partial charge < -0.3 is 20.0 Å². The van der Waals surface area contributed by atoms with Crippen LogP contribution < -0.4 is 10.1 Å². The molecular formula is C20H19N4O4S-. The third-order valence-corrected chi connectivity index (χ3v) is 5.22. The smallest absolute Gasteiger partial charge is 0.229 e. The monoisotopic (exact) mass is 411 g/mol. The summed E-state index contributed by atoms with van der Waals surface area (Å²) in [6.07, 6.45) is 1.63. The summed E-state index contributed by atoms with van der Waals surface area (Å²) < 4.78 is 33.5. The fraction of sp³-hybridized carbons (Fsp3) is 0.150. The molecule has 0 saturated heterocycles. The van der Waals surface area contributed by atoms with E-state index in [0.717, 1.165) is 5.56 Å². The van der Waals surface area contributed by atoms with E-state index in [0.29, 0.717) is 17.1 Å². The molecule has 0 bridgehead atoms. The highest BCUT2D eigenvalue weighted by atomic mass is 32.2. The normalized spacial score (nSPS) is 11.0. The molecule has 0 aliphatic rings. The van der Waals surface area contributed by atoms with E-state index in [4.69, 9.17) is 4.74 Å². The van der Waals surface area contributed by atoms with E-state index >= 15 is 0 Å². The maximum Gasteiger partial charge on any atom is 0.229 e. The van der Waals surface area contributed by atoms with Crippen LogP contribution in [0, 0.1) is 6.92 Å². The number of rotatable bonds is 7. The van der Waals surface area contributed by atoms with Gasteiger partial charge in [0.15, 0.2) is 0 Å². The molecule has 1 amide bonds. The number of amides is 1. The molecule has 0 radical (unpaired) electrons. The van der Waals surface area contributed by atoms with E-state index in [1.807, 2.05) is 12.1 Å². The Labute approximate surface area is 169 Å². The molecular weight excluding hydrogens is 392 g/mol. The van der Waals surface area contributed by atoms with Gasteiger partial charge in [0.05, 0.1) is 18.4 Å². The van der Waals surface area contributed by atoms with Gasteiger partial charge in [0.25, 0.3) is 0 Å². The summed E-state index contributed by atoms with van der Waals surface area (Å²) in [7, 11) is -2.38. The van der Waals surface area contributed by atoms with E-state index in [-0.39, 0.29) is 23.2 Å². The molecule has 1 heterocycles. The van der Waals surface area contributed by atoms with Crippen molar-refractivity contribution in [2.45, 2.75) is 18.2 Å². The number of ether oxygens (including phenoxy) is 1. The van der Waals surface area contributed by atoms with Gasteiger partial charge in [-0.2, -0.15) is 0 Å². The van der Waals surface area contributed by atoms with Crippen LogP contribution >= 0.6 is 0 Å². The minimum Gasteiger partial charge on any atom is -0.497 e. The number of benzene rings is 2. The number of sulfonamides is 1. The van der Waals surface area contributed by atoms with Crippen LogP contribution in [-0.2, 0) is 21.2 Å². The average Bonchev–Trinajstić information content (AvgIpc) is 2.68. The third-order valence-electron chi connectivity index (χ3n) is 3.94.